The van der Waals surface area contributed by atoms with Gasteiger partial charge in [0.05, 0.1) is 24.0 Å². The van der Waals surface area contributed by atoms with Crippen LogP contribution in [0.3, 0.4) is 0 Å². The van der Waals surface area contributed by atoms with Crippen molar-refractivity contribution in [3.63, 3.8) is 0 Å². The van der Waals surface area contributed by atoms with Gasteiger partial charge in [0.25, 0.3) is 6.43 Å². The number of carbonyl (C=O) groups excluding carboxylic acids is 3. The van der Waals surface area contributed by atoms with E-state index in [1.54, 1.807) is 24.1 Å². The van der Waals surface area contributed by atoms with Crippen LogP contribution in [0.5, 0.6) is 0 Å². The minimum absolute atomic E-state index is 0.00345. The number of alkyl halides is 2. The zero-order chi connectivity index (χ0) is 46.6. The number of nitrogens with zero attached hydrogens (tertiary/aromatic N) is 10. The first-order valence-corrected chi connectivity index (χ1v) is 24.6. The van der Waals surface area contributed by atoms with Gasteiger partial charge in [-0.2, -0.15) is 5.10 Å². The van der Waals surface area contributed by atoms with Crippen molar-refractivity contribution in [2.45, 2.75) is 84.2 Å². The second-order valence-corrected chi connectivity index (χ2v) is 19.5. The van der Waals surface area contributed by atoms with Crippen LogP contribution in [0.15, 0.2) is 55.0 Å². The van der Waals surface area contributed by atoms with E-state index >= 15 is 8.78 Å². The van der Waals surface area contributed by atoms with Crippen molar-refractivity contribution in [3.05, 3.63) is 82.9 Å². The highest BCUT2D eigenvalue weighted by atomic mass is 19.3. The molecule has 9 heterocycles. The Bertz CT molecular complexity index is 2730. The maximum Gasteiger partial charge on any atom is 0.328 e. The molecule has 4 fully saturated rings. The molecule has 15 nitrogen and oxygen atoms in total. The van der Waals surface area contributed by atoms with Crippen molar-refractivity contribution < 1.29 is 27.9 Å². The van der Waals surface area contributed by atoms with Crippen molar-refractivity contribution in [1.29, 1.82) is 0 Å². The number of anilines is 5. The number of benzene rings is 2. The van der Waals surface area contributed by atoms with Crippen LogP contribution in [0.2, 0.25) is 0 Å². The van der Waals surface area contributed by atoms with E-state index in [0.717, 1.165) is 141 Å². The monoisotopic (exact) mass is 929 g/mol. The quantitative estimate of drug-likeness (QED) is 0.161. The minimum atomic E-state index is -2.72. The van der Waals surface area contributed by atoms with Gasteiger partial charge >= 0.3 is 6.03 Å². The lowest BCUT2D eigenvalue weighted by molar-refractivity contribution is -0.129. The number of ether oxygens (including phenoxy) is 1. The second kappa shape index (κ2) is 18.4. The molecule has 0 radical (unpaired) electrons. The third-order valence-electron chi connectivity index (χ3n) is 15.5. The second-order valence-electron chi connectivity index (χ2n) is 19.5. The molecule has 4 amide bonds. The highest BCUT2D eigenvalue weighted by Gasteiger charge is 2.36. The summed E-state index contributed by atoms with van der Waals surface area (Å²) in [6.45, 7) is 13.3. The maximum atomic E-state index is 15.7. The van der Waals surface area contributed by atoms with E-state index in [1.165, 1.54) is 0 Å². The number of aromatic nitrogens is 4. The molecular weight excluding hydrogens is 869 g/mol. The van der Waals surface area contributed by atoms with E-state index in [-0.39, 0.29) is 29.5 Å². The topological polar surface area (TPSA) is 127 Å². The van der Waals surface area contributed by atoms with E-state index in [2.05, 4.69) is 53.8 Å². The molecule has 0 saturated carbocycles. The molecule has 17 heteroatoms. The average Bonchev–Trinajstić information content (AvgIpc) is 3.98. The summed E-state index contributed by atoms with van der Waals surface area (Å²) in [7, 11) is 0. The number of piperidine rings is 1. The highest BCUT2D eigenvalue weighted by molar-refractivity contribution is 6.06. The van der Waals surface area contributed by atoms with E-state index < -0.39 is 6.43 Å². The van der Waals surface area contributed by atoms with Crippen molar-refractivity contribution in [1.82, 2.24) is 34.3 Å². The number of carbonyl (C=O) groups is 3. The fourth-order valence-corrected chi connectivity index (χ4v) is 11.8. The van der Waals surface area contributed by atoms with Crippen LogP contribution >= 0.6 is 0 Å². The molecule has 2 aromatic carbocycles. The zero-order valence-electron chi connectivity index (χ0n) is 39.1. The number of halogens is 2. The normalized spacial score (nSPS) is 20.1. The van der Waals surface area contributed by atoms with E-state index in [4.69, 9.17) is 9.84 Å². The molecule has 4 saturated heterocycles. The van der Waals surface area contributed by atoms with Crippen LogP contribution in [0, 0.1) is 12.8 Å². The predicted octanol–water partition coefficient (Wildman–Crippen LogP) is 7.27. The lowest BCUT2D eigenvalue weighted by Crippen LogP contribution is -2.50. The largest absolute Gasteiger partial charge is 0.381 e. The summed E-state index contributed by atoms with van der Waals surface area (Å²) in [6.07, 6.45) is 9.48. The number of fused-ring (bicyclic) bond motifs is 3. The number of urea groups is 1. The fraction of sp³-hybridized carbons (Fsp3) is 0.510. The Morgan fingerprint density at radius 1 is 0.838 bits per heavy atom. The number of amides is 4. The number of aryl methyl sites for hydroxylation is 1. The van der Waals surface area contributed by atoms with Crippen molar-refractivity contribution in [2.24, 2.45) is 5.92 Å². The fourth-order valence-electron chi connectivity index (χ4n) is 11.8. The van der Waals surface area contributed by atoms with Gasteiger partial charge in [-0.1, -0.05) is 6.07 Å². The van der Waals surface area contributed by atoms with Crippen LogP contribution in [0.4, 0.5) is 42.1 Å². The summed E-state index contributed by atoms with van der Waals surface area (Å²) in [5.74, 6) is 1.12. The lowest BCUT2D eigenvalue weighted by atomic mass is 9.91. The third kappa shape index (κ3) is 8.34. The summed E-state index contributed by atoms with van der Waals surface area (Å²) in [5, 5.41) is 7.74. The molecule has 0 spiro atoms. The van der Waals surface area contributed by atoms with E-state index in [9.17, 15) is 14.4 Å². The van der Waals surface area contributed by atoms with Crippen LogP contribution in [-0.4, -0.2) is 125 Å². The van der Waals surface area contributed by atoms with Crippen molar-refractivity contribution in [3.8, 4) is 11.1 Å². The molecule has 0 bridgehead atoms. The molecule has 3 aromatic heterocycles. The predicted molar refractivity (Wildman–Crippen MR) is 257 cm³/mol. The number of rotatable bonds is 9. The summed E-state index contributed by atoms with van der Waals surface area (Å²) >= 11 is 0. The summed E-state index contributed by atoms with van der Waals surface area (Å²) < 4.78 is 41.2. The molecule has 11 rings (SSSR count). The number of hydrogen-bond acceptors (Lipinski definition) is 10. The summed E-state index contributed by atoms with van der Waals surface area (Å²) in [4.78, 5) is 54.8. The Labute approximate surface area is 395 Å². The van der Waals surface area contributed by atoms with Gasteiger partial charge in [-0.15, -0.1) is 0 Å². The number of imide groups is 1. The number of piperazine rings is 1. The number of hydrogen-bond donors (Lipinski definition) is 1. The first-order valence-electron chi connectivity index (χ1n) is 24.6. The Kier molecular flexibility index (Phi) is 12.1. The lowest BCUT2D eigenvalue weighted by Gasteiger charge is -2.41. The summed E-state index contributed by atoms with van der Waals surface area (Å²) in [5.41, 5.74) is 9.93. The average molecular weight is 930 g/mol. The molecule has 5 aromatic rings. The van der Waals surface area contributed by atoms with E-state index in [0.29, 0.717) is 69.4 Å². The van der Waals surface area contributed by atoms with Crippen molar-refractivity contribution >= 4 is 52.1 Å². The highest BCUT2D eigenvalue weighted by Crippen LogP contribution is 2.46. The standard InChI is InChI=1S/C51H61F2N11O4/c1-33-42(6-3-7-43(33)63-19-11-48(66)55-51(63)67)58-16-8-35(9-17-58)30-57-21-23-59(24-22-57)46-32-61-20-14-54-47(61)29-39(46)38-27-36-5-4-15-62(45(36)28-40(38)49(52)53)50-41-31-60(34(2)65)18-10-44(41)64(56-50)37-12-25-68-26-13-37/h3,6-7,14,20,27-29,32,35,37,49H,4-5,8-13,15-19,21-26,30-31H2,1-2H3,(H,55,66,67). The smallest absolute Gasteiger partial charge is 0.328 e. The van der Waals surface area contributed by atoms with Gasteiger partial charge in [-0.05, 0) is 98.4 Å². The first kappa shape index (κ1) is 44.4. The Hall–Kier alpha value is -6.07. The third-order valence-corrected chi connectivity index (χ3v) is 15.5. The minimum Gasteiger partial charge on any atom is -0.381 e. The Balaban J connectivity index is 0.819. The molecule has 0 unspecified atom stereocenters. The zero-order valence-corrected chi connectivity index (χ0v) is 39.1. The molecule has 1 N–H and O–H groups in total. The summed E-state index contributed by atoms with van der Waals surface area (Å²) in [6, 6.07) is 11.6. The van der Waals surface area contributed by atoms with Crippen LogP contribution in [0.25, 0.3) is 16.8 Å². The molecule has 6 aliphatic rings. The van der Waals surface area contributed by atoms with Gasteiger partial charge in [0.1, 0.15) is 5.65 Å². The Morgan fingerprint density at radius 2 is 1.62 bits per heavy atom. The van der Waals surface area contributed by atoms with Gasteiger partial charge < -0.3 is 28.7 Å². The van der Waals surface area contributed by atoms with Crippen LogP contribution < -0.4 is 24.9 Å². The number of pyridine rings is 1. The van der Waals surface area contributed by atoms with E-state index in [1.807, 2.05) is 39.8 Å². The number of imidazole rings is 1. The van der Waals surface area contributed by atoms with Gasteiger partial charge in [0, 0.05) is 151 Å². The molecular formula is C51H61F2N11O4. The molecule has 6 aliphatic heterocycles. The molecule has 68 heavy (non-hydrogen) atoms. The first-order chi connectivity index (χ1) is 33.1. The number of nitrogens with one attached hydrogen (secondary N) is 1. The van der Waals surface area contributed by atoms with Crippen molar-refractivity contribution in [2.75, 3.05) is 98.3 Å². The van der Waals surface area contributed by atoms with Crippen LogP contribution in [-0.2, 0) is 33.7 Å². The molecule has 358 valence electrons. The SMILES string of the molecule is CC(=O)N1CCc2c(c(N3CCCc4cc(-c5cc6nccn6cc5N5CCN(CC6CCN(c7cccc(N8CCC(=O)NC8=O)c7C)CC6)CC5)c(C(F)F)cc43)nn2C2CCOCC2)C1. The molecule has 0 atom stereocenters. The molecule has 0 aliphatic carbocycles. The van der Waals surface area contributed by atoms with Gasteiger partial charge in [-0.3, -0.25) is 29.4 Å². The van der Waals surface area contributed by atoms with Crippen LogP contribution in [0.1, 0.15) is 85.9 Å². The Morgan fingerprint density at radius 3 is 2.38 bits per heavy atom. The van der Waals surface area contributed by atoms with Gasteiger partial charge in [-0.25, -0.2) is 18.6 Å². The van der Waals surface area contributed by atoms with Gasteiger partial charge in [0.2, 0.25) is 11.8 Å². The maximum absolute atomic E-state index is 15.7. The van der Waals surface area contributed by atoms with Gasteiger partial charge in [0.15, 0.2) is 5.82 Å².